The molecule has 2 fully saturated rings. The van der Waals surface area contributed by atoms with E-state index in [0.717, 1.165) is 29.0 Å². The molecular weight excluding hydrogens is 370 g/mol. The number of hydrogen-bond acceptors (Lipinski definition) is 4. The molecule has 2 N–H and O–H groups in total. The van der Waals surface area contributed by atoms with Crippen molar-refractivity contribution in [3.63, 3.8) is 0 Å². The molecule has 1 aromatic carbocycles. The molecule has 2 aliphatic rings. The summed E-state index contributed by atoms with van der Waals surface area (Å²) in [5.74, 6) is -0.0517. The van der Waals surface area contributed by atoms with Crippen molar-refractivity contribution in [2.45, 2.75) is 37.1 Å². The highest BCUT2D eigenvalue weighted by Crippen LogP contribution is 2.39. The fourth-order valence-electron chi connectivity index (χ4n) is 3.75. The summed E-state index contributed by atoms with van der Waals surface area (Å²) in [5.41, 5.74) is 1.88. The van der Waals surface area contributed by atoms with E-state index in [9.17, 15) is 9.59 Å². The van der Waals surface area contributed by atoms with E-state index in [0.29, 0.717) is 18.2 Å². The van der Waals surface area contributed by atoms with Crippen LogP contribution in [0.2, 0.25) is 0 Å². The van der Waals surface area contributed by atoms with Crippen LogP contribution in [0, 0.1) is 5.92 Å². The van der Waals surface area contributed by atoms with Crippen LogP contribution in [-0.4, -0.2) is 28.1 Å². The first kappa shape index (κ1) is 18.7. The van der Waals surface area contributed by atoms with Gasteiger partial charge < -0.3 is 10.6 Å². The molecule has 0 bridgehead atoms. The van der Waals surface area contributed by atoms with E-state index in [-0.39, 0.29) is 23.8 Å². The molecule has 6 heteroatoms. The quantitative estimate of drug-likeness (QED) is 0.783. The third kappa shape index (κ3) is 4.44. The van der Waals surface area contributed by atoms with E-state index < -0.39 is 0 Å². The van der Waals surface area contributed by atoms with Gasteiger partial charge >= 0.3 is 0 Å². The van der Waals surface area contributed by atoms with E-state index in [1.54, 1.807) is 18.0 Å². The van der Waals surface area contributed by atoms with Gasteiger partial charge in [0.2, 0.25) is 5.91 Å². The summed E-state index contributed by atoms with van der Waals surface area (Å²) in [4.78, 5) is 30.1. The molecule has 0 radical (unpaired) electrons. The highest BCUT2D eigenvalue weighted by Gasteiger charge is 2.39. The molecule has 3 atom stereocenters. The Bertz CT molecular complexity index is 870. The number of fused-ring (bicyclic) bond motifs is 1. The lowest BCUT2D eigenvalue weighted by atomic mass is 9.84. The largest absolute Gasteiger partial charge is 0.350 e. The molecule has 28 heavy (non-hydrogen) atoms. The molecule has 1 saturated heterocycles. The standard InChI is InChI=1S/C22H23N3O2S/c26-21(24-14-17-8-4-5-11-23-17)16-9-10-19-18(13-16)25-22(27)20(28-19)12-15-6-2-1-3-7-15/h1-8,11-12,16,18-19H,9-10,13-14H2,(H,24,26)(H,25,27)/b20-12-. The monoisotopic (exact) mass is 393 g/mol. The zero-order valence-electron chi connectivity index (χ0n) is 15.5. The zero-order chi connectivity index (χ0) is 19.3. The number of nitrogens with one attached hydrogen (secondary N) is 2. The van der Waals surface area contributed by atoms with Gasteiger partial charge in [0.05, 0.1) is 17.1 Å². The number of thioether (sulfide) groups is 1. The molecule has 0 spiro atoms. The Morgan fingerprint density at radius 2 is 2.00 bits per heavy atom. The summed E-state index contributed by atoms with van der Waals surface area (Å²) in [6, 6.07) is 15.6. The van der Waals surface area contributed by atoms with Crippen molar-refractivity contribution in [2.75, 3.05) is 0 Å². The van der Waals surface area contributed by atoms with Gasteiger partial charge in [0.25, 0.3) is 5.91 Å². The fourth-order valence-corrected chi connectivity index (χ4v) is 5.05. The summed E-state index contributed by atoms with van der Waals surface area (Å²) in [5, 5.41) is 6.44. The van der Waals surface area contributed by atoms with Gasteiger partial charge in [-0.2, -0.15) is 0 Å². The van der Waals surface area contributed by atoms with E-state index in [1.165, 1.54) is 0 Å². The summed E-state index contributed by atoms with van der Waals surface area (Å²) in [6.07, 6.45) is 6.13. The minimum Gasteiger partial charge on any atom is -0.350 e. The summed E-state index contributed by atoms with van der Waals surface area (Å²) in [7, 11) is 0. The van der Waals surface area contributed by atoms with Crippen LogP contribution in [0.1, 0.15) is 30.5 Å². The van der Waals surface area contributed by atoms with Crippen LogP contribution in [0.25, 0.3) is 6.08 Å². The normalized spacial score (nSPS) is 25.6. The lowest BCUT2D eigenvalue weighted by Crippen LogP contribution is -2.51. The zero-order valence-corrected chi connectivity index (χ0v) is 16.3. The van der Waals surface area contributed by atoms with E-state index in [2.05, 4.69) is 15.6 Å². The van der Waals surface area contributed by atoms with E-state index in [1.807, 2.05) is 54.6 Å². The van der Waals surface area contributed by atoms with Crippen LogP contribution in [0.3, 0.4) is 0 Å². The number of aromatic nitrogens is 1. The number of amides is 2. The highest BCUT2D eigenvalue weighted by atomic mass is 32.2. The number of benzene rings is 1. The Kier molecular flexibility index (Phi) is 5.76. The second-order valence-corrected chi connectivity index (χ2v) is 8.49. The molecular formula is C22H23N3O2S. The third-order valence-electron chi connectivity index (χ3n) is 5.24. The summed E-state index contributed by atoms with van der Waals surface area (Å²) < 4.78 is 0. The molecule has 4 rings (SSSR count). The number of carbonyl (C=O) groups excluding carboxylic acids is 2. The van der Waals surface area contributed by atoms with Gasteiger partial charge in [0.1, 0.15) is 0 Å². The van der Waals surface area contributed by atoms with Crippen molar-refractivity contribution in [1.82, 2.24) is 15.6 Å². The Morgan fingerprint density at radius 3 is 2.79 bits per heavy atom. The number of hydrogen-bond donors (Lipinski definition) is 2. The van der Waals surface area contributed by atoms with Crippen LogP contribution < -0.4 is 10.6 Å². The van der Waals surface area contributed by atoms with Crippen molar-refractivity contribution in [3.05, 3.63) is 70.9 Å². The molecule has 2 heterocycles. The third-order valence-corrected chi connectivity index (χ3v) is 6.67. The van der Waals surface area contributed by atoms with E-state index >= 15 is 0 Å². The SMILES string of the molecule is O=C1NC2CC(C(=O)NCc3ccccn3)CCC2S/C1=C\c1ccccc1. The van der Waals surface area contributed by atoms with Gasteiger partial charge in [0, 0.05) is 23.4 Å². The molecule has 5 nitrogen and oxygen atoms in total. The van der Waals surface area contributed by atoms with Crippen molar-refractivity contribution in [3.8, 4) is 0 Å². The van der Waals surface area contributed by atoms with Crippen molar-refractivity contribution in [2.24, 2.45) is 5.92 Å². The second-order valence-electron chi connectivity index (χ2n) is 7.20. The van der Waals surface area contributed by atoms with Gasteiger partial charge in [-0.1, -0.05) is 36.4 Å². The van der Waals surface area contributed by atoms with Gasteiger partial charge in [0.15, 0.2) is 0 Å². The minimum absolute atomic E-state index is 0.0374. The van der Waals surface area contributed by atoms with Crippen molar-refractivity contribution >= 4 is 29.7 Å². The van der Waals surface area contributed by atoms with Crippen molar-refractivity contribution in [1.29, 1.82) is 0 Å². The number of pyridine rings is 1. The minimum atomic E-state index is -0.0643. The molecule has 1 aliphatic heterocycles. The van der Waals surface area contributed by atoms with Gasteiger partial charge in [-0.15, -0.1) is 11.8 Å². The summed E-state index contributed by atoms with van der Waals surface area (Å²) >= 11 is 1.65. The fraction of sp³-hybridized carbons (Fsp3) is 0.318. The molecule has 1 saturated carbocycles. The first-order valence-corrected chi connectivity index (χ1v) is 10.5. The molecule has 1 aromatic heterocycles. The molecule has 2 aromatic rings. The lowest BCUT2D eigenvalue weighted by molar-refractivity contribution is -0.127. The van der Waals surface area contributed by atoms with Crippen LogP contribution in [0.5, 0.6) is 0 Å². The maximum absolute atomic E-state index is 12.6. The van der Waals surface area contributed by atoms with Crippen LogP contribution >= 0.6 is 11.8 Å². The lowest BCUT2D eigenvalue weighted by Gasteiger charge is -2.39. The maximum atomic E-state index is 12.6. The average Bonchev–Trinajstić information content (AvgIpc) is 2.74. The predicted octanol–water partition coefficient (Wildman–Crippen LogP) is 3.14. The average molecular weight is 394 g/mol. The topological polar surface area (TPSA) is 71.1 Å². The Labute approximate surface area is 169 Å². The van der Waals surface area contributed by atoms with Gasteiger partial charge in [-0.3, -0.25) is 14.6 Å². The van der Waals surface area contributed by atoms with Crippen molar-refractivity contribution < 1.29 is 9.59 Å². The Hall–Kier alpha value is -2.60. The van der Waals surface area contributed by atoms with E-state index in [4.69, 9.17) is 0 Å². The summed E-state index contributed by atoms with van der Waals surface area (Å²) in [6.45, 7) is 0.440. The predicted molar refractivity (Wildman–Crippen MR) is 111 cm³/mol. The number of carbonyl (C=O) groups is 2. The van der Waals surface area contributed by atoms with Crippen LogP contribution in [0.4, 0.5) is 0 Å². The molecule has 2 amide bonds. The number of rotatable bonds is 4. The second kappa shape index (κ2) is 8.61. The molecule has 144 valence electrons. The maximum Gasteiger partial charge on any atom is 0.257 e. The first-order valence-electron chi connectivity index (χ1n) is 9.61. The first-order chi connectivity index (χ1) is 13.7. The molecule has 1 aliphatic carbocycles. The molecule has 3 unspecified atom stereocenters. The van der Waals surface area contributed by atoms with Crippen LogP contribution in [-0.2, 0) is 16.1 Å². The van der Waals surface area contributed by atoms with Gasteiger partial charge in [-0.05, 0) is 43.0 Å². The Balaban J connectivity index is 1.35. The van der Waals surface area contributed by atoms with Crippen LogP contribution in [0.15, 0.2) is 59.6 Å². The smallest absolute Gasteiger partial charge is 0.257 e. The highest BCUT2D eigenvalue weighted by molar-refractivity contribution is 8.04. The van der Waals surface area contributed by atoms with Gasteiger partial charge in [-0.25, -0.2) is 0 Å². The Morgan fingerprint density at radius 1 is 1.18 bits per heavy atom. The number of nitrogens with zero attached hydrogens (tertiary/aromatic N) is 1.